The molecule has 0 radical (unpaired) electrons. The molecular formula is C13H26N2O3. The number of hydrogen-bond donors (Lipinski definition) is 3. The van der Waals surface area contributed by atoms with Gasteiger partial charge >= 0.3 is 0 Å². The first-order valence-electron chi connectivity index (χ1n) is 6.24. The van der Waals surface area contributed by atoms with Gasteiger partial charge in [0.25, 0.3) is 0 Å². The maximum absolute atomic E-state index is 10.1. The van der Waals surface area contributed by atoms with Crippen LogP contribution in [0.15, 0.2) is 11.8 Å². The quantitative estimate of drug-likeness (QED) is 0.674. The van der Waals surface area contributed by atoms with Crippen LogP contribution in [0.5, 0.6) is 0 Å². The number of aliphatic hydroxyl groups is 1. The van der Waals surface area contributed by atoms with Crippen LogP contribution in [0.3, 0.4) is 0 Å². The van der Waals surface area contributed by atoms with Crippen molar-refractivity contribution in [2.24, 2.45) is 5.41 Å². The van der Waals surface area contributed by atoms with E-state index in [4.69, 9.17) is 9.57 Å². The van der Waals surface area contributed by atoms with Crippen LogP contribution in [0.25, 0.3) is 0 Å². The van der Waals surface area contributed by atoms with Gasteiger partial charge in [-0.05, 0) is 26.8 Å². The molecule has 0 aromatic rings. The topological polar surface area (TPSA) is 62.8 Å². The van der Waals surface area contributed by atoms with E-state index in [0.717, 1.165) is 5.76 Å². The van der Waals surface area contributed by atoms with Crippen molar-refractivity contribution in [2.45, 2.75) is 66.1 Å². The number of rotatable bonds is 3. The van der Waals surface area contributed by atoms with Gasteiger partial charge in [0, 0.05) is 12.3 Å². The lowest BCUT2D eigenvalue weighted by Gasteiger charge is -2.34. The molecule has 0 aliphatic carbocycles. The zero-order valence-electron chi connectivity index (χ0n) is 12.4. The molecule has 1 heterocycles. The summed E-state index contributed by atoms with van der Waals surface area (Å²) in [5.74, 6) is -0.588. The van der Waals surface area contributed by atoms with Crippen LogP contribution in [-0.4, -0.2) is 22.8 Å². The van der Waals surface area contributed by atoms with Gasteiger partial charge in [-0.3, -0.25) is 0 Å². The van der Waals surface area contributed by atoms with E-state index in [2.05, 4.69) is 31.6 Å². The second kappa shape index (κ2) is 4.81. The maximum atomic E-state index is 10.1. The molecule has 1 aliphatic heterocycles. The average Bonchev–Trinajstić information content (AvgIpc) is 2.44. The lowest BCUT2D eigenvalue weighted by Crippen LogP contribution is -2.55. The van der Waals surface area contributed by atoms with E-state index in [1.807, 2.05) is 26.8 Å². The number of hydroxylamine groups is 1. The van der Waals surface area contributed by atoms with E-state index >= 15 is 0 Å². The van der Waals surface area contributed by atoms with Crippen molar-refractivity contribution >= 4 is 0 Å². The molecule has 5 nitrogen and oxygen atoms in total. The van der Waals surface area contributed by atoms with Crippen molar-refractivity contribution in [1.29, 1.82) is 0 Å². The summed E-state index contributed by atoms with van der Waals surface area (Å²) in [6, 6.07) is 0. The molecule has 0 spiro atoms. The van der Waals surface area contributed by atoms with Crippen molar-refractivity contribution < 1.29 is 14.7 Å². The van der Waals surface area contributed by atoms with Crippen LogP contribution < -0.4 is 10.8 Å². The third-order valence-corrected chi connectivity index (χ3v) is 2.28. The molecule has 0 amide bonds. The first kappa shape index (κ1) is 15.4. The monoisotopic (exact) mass is 258 g/mol. The highest BCUT2D eigenvalue weighted by molar-refractivity contribution is 5.10. The summed E-state index contributed by atoms with van der Waals surface area (Å²) in [5, 5.41) is 13.1. The lowest BCUT2D eigenvalue weighted by molar-refractivity contribution is -0.264. The summed E-state index contributed by atoms with van der Waals surface area (Å²) in [6.45, 7) is 13.4. The Kier molecular flexibility index (Phi) is 4.13. The highest BCUT2D eigenvalue weighted by atomic mass is 16.7. The van der Waals surface area contributed by atoms with Crippen molar-refractivity contribution in [3.05, 3.63) is 11.8 Å². The van der Waals surface area contributed by atoms with Gasteiger partial charge in [0.15, 0.2) is 0 Å². The summed E-state index contributed by atoms with van der Waals surface area (Å²) < 4.78 is 5.53. The molecule has 0 aromatic heterocycles. The Morgan fingerprint density at radius 2 is 1.78 bits per heavy atom. The van der Waals surface area contributed by atoms with Gasteiger partial charge in [-0.25, -0.2) is 5.32 Å². The Hall–Kier alpha value is -0.620. The average molecular weight is 258 g/mol. The molecule has 18 heavy (non-hydrogen) atoms. The fourth-order valence-electron chi connectivity index (χ4n) is 1.73. The second-order valence-corrected chi connectivity index (χ2v) is 6.82. The van der Waals surface area contributed by atoms with Gasteiger partial charge in [0.1, 0.15) is 11.9 Å². The van der Waals surface area contributed by atoms with Crippen LogP contribution in [0.2, 0.25) is 0 Å². The number of ether oxygens (including phenoxy) is 1. The molecule has 0 aromatic carbocycles. The second-order valence-electron chi connectivity index (χ2n) is 6.82. The molecule has 2 atom stereocenters. The zero-order valence-corrected chi connectivity index (χ0v) is 12.4. The maximum Gasteiger partial charge on any atom is 0.223 e. The minimum atomic E-state index is -1.43. The first-order valence-corrected chi connectivity index (χ1v) is 6.24. The Balaban J connectivity index is 2.62. The fourth-order valence-corrected chi connectivity index (χ4v) is 1.73. The third kappa shape index (κ3) is 4.94. The predicted octanol–water partition coefficient (Wildman–Crippen LogP) is 1.85. The summed E-state index contributed by atoms with van der Waals surface area (Å²) in [4.78, 5) is 5.39. The van der Waals surface area contributed by atoms with E-state index < -0.39 is 11.5 Å². The number of hydrogen-bond acceptors (Lipinski definition) is 5. The first-order chi connectivity index (χ1) is 7.89. The Bertz CT molecular complexity index is 324. The zero-order chi connectivity index (χ0) is 14.2. The van der Waals surface area contributed by atoms with E-state index in [9.17, 15) is 5.11 Å². The molecule has 1 aliphatic rings. The molecule has 106 valence electrons. The van der Waals surface area contributed by atoms with Crippen molar-refractivity contribution in [3.63, 3.8) is 0 Å². The molecule has 0 saturated carbocycles. The third-order valence-electron chi connectivity index (χ3n) is 2.28. The van der Waals surface area contributed by atoms with Crippen LogP contribution in [-0.2, 0) is 9.57 Å². The van der Waals surface area contributed by atoms with Gasteiger partial charge in [-0.2, -0.15) is 0 Å². The van der Waals surface area contributed by atoms with Gasteiger partial charge in [0.05, 0.1) is 5.60 Å². The summed E-state index contributed by atoms with van der Waals surface area (Å²) in [7, 11) is 0. The summed E-state index contributed by atoms with van der Waals surface area (Å²) in [5.41, 5.74) is 2.30. The number of allylic oxidation sites excluding steroid dienone is 1. The minimum Gasteiger partial charge on any atom is -0.411 e. The Morgan fingerprint density at radius 1 is 1.22 bits per heavy atom. The fraction of sp³-hybridized carbons (Fsp3) is 0.846. The largest absolute Gasteiger partial charge is 0.411 e. The van der Waals surface area contributed by atoms with E-state index in [1.54, 1.807) is 6.92 Å². The molecule has 0 fully saturated rings. The van der Waals surface area contributed by atoms with Crippen LogP contribution in [0, 0.1) is 5.41 Å². The Labute approximate surface area is 109 Å². The Morgan fingerprint density at radius 3 is 2.17 bits per heavy atom. The molecule has 0 bridgehead atoms. The van der Waals surface area contributed by atoms with Crippen LogP contribution >= 0.6 is 0 Å². The molecule has 1 rings (SSSR count). The highest BCUT2D eigenvalue weighted by Crippen LogP contribution is 2.28. The SMILES string of the molecule is CC(C)(C)OC(C)(O)NC1C=C(C(C)(C)C)ON1. The lowest BCUT2D eigenvalue weighted by atomic mass is 9.93. The number of nitrogens with one attached hydrogen (secondary N) is 2. The normalized spacial score (nSPS) is 24.4. The van der Waals surface area contributed by atoms with Crippen molar-refractivity contribution in [3.8, 4) is 0 Å². The highest BCUT2D eigenvalue weighted by Gasteiger charge is 2.33. The van der Waals surface area contributed by atoms with Crippen molar-refractivity contribution in [1.82, 2.24) is 10.8 Å². The van der Waals surface area contributed by atoms with Crippen molar-refractivity contribution in [2.75, 3.05) is 0 Å². The summed E-state index contributed by atoms with van der Waals surface area (Å²) >= 11 is 0. The molecule has 3 N–H and O–H groups in total. The van der Waals surface area contributed by atoms with E-state index in [-0.39, 0.29) is 11.6 Å². The van der Waals surface area contributed by atoms with Crippen LogP contribution in [0.4, 0.5) is 0 Å². The van der Waals surface area contributed by atoms with Gasteiger partial charge in [-0.1, -0.05) is 20.8 Å². The van der Waals surface area contributed by atoms with E-state index in [0.29, 0.717) is 0 Å². The van der Waals surface area contributed by atoms with E-state index in [1.165, 1.54) is 0 Å². The predicted molar refractivity (Wildman–Crippen MR) is 70.1 cm³/mol. The molecule has 0 saturated heterocycles. The van der Waals surface area contributed by atoms with Gasteiger partial charge in [-0.15, -0.1) is 5.48 Å². The van der Waals surface area contributed by atoms with Gasteiger partial charge < -0.3 is 14.7 Å². The summed E-state index contributed by atoms with van der Waals surface area (Å²) in [6.07, 6.45) is 1.62. The van der Waals surface area contributed by atoms with Gasteiger partial charge in [0.2, 0.25) is 5.91 Å². The molecule has 5 heteroatoms. The standard InChI is InChI=1S/C13H26N2O3/c1-11(2,3)9-8-10(15-17-9)14-13(7,16)18-12(4,5)6/h8,10,14-16H,1-7H3. The van der Waals surface area contributed by atoms with Crippen LogP contribution in [0.1, 0.15) is 48.5 Å². The molecular weight excluding hydrogens is 232 g/mol. The minimum absolute atomic E-state index is 0.0693. The molecule has 2 unspecified atom stereocenters. The smallest absolute Gasteiger partial charge is 0.223 e.